The smallest absolute Gasteiger partial charge is 0.435 e. The second-order valence-electron chi connectivity index (χ2n) is 8.96. The molecule has 17 nitrogen and oxygen atoms in total. The Morgan fingerprint density at radius 3 is 2.06 bits per heavy atom. The summed E-state index contributed by atoms with van der Waals surface area (Å²) in [6.07, 6.45) is 0.769. The number of hydrogen-bond acceptors (Lipinski definition) is 17. The summed E-state index contributed by atoms with van der Waals surface area (Å²) in [6.45, 7) is 18.0. The molecule has 2 aliphatic heterocycles. The zero-order valence-electron chi connectivity index (χ0n) is 27.1. The molecular weight excluding hydrogens is 890 g/mol. The zero-order chi connectivity index (χ0) is 34.4. The van der Waals surface area contributed by atoms with E-state index in [0.29, 0.717) is 14.9 Å². The topological polar surface area (TPSA) is 157 Å². The largest absolute Gasteiger partial charge is 0.558 e. The first-order valence-corrected chi connectivity index (χ1v) is 33.6. The molecule has 0 N–H and O–H groups in total. The highest BCUT2D eigenvalue weighted by atomic mass is 28.5. The van der Waals surface area contributed by atoms with Gasteiger partial charge in [-0.15, -0.1) is 0 Å². The highest BCUT2D eigenvalue weighted by Gasteiger charge is 2.35. The van der Waals surface area contributed by atoms with Crippen LogP contribution in [0.5, 0.6) is 0 Å². The van der Waals surface area contributed by atoms with E-state index in [-0.39, 0.29) is 82.3 Å². The zero-order valence-corrected chi connectivity index (χ0v) is 43.1. The molecular formula is C14H34O17Si16. The summed E-state index contributed by atoms with van der Waals surface area (Å²) in [5.41, 5.74) is 0. The first kappa shape index (κ1) is 45.9. The molecule has 47 heavy (non-hydrogen) atoms. The molecule has 0 aliphatic carbocycles. The summed E-state index contributed by atoms with van der Waals surface area (Å²) in [6, 6.07) is 0.887. The summed E-state index contributed by atoms with van der Waals surface area (Å²) in [7, 11) is -14.0. The summed E-state index contributed by atoms with van der Waals surface area (Å²) < 4.78 is 97.0. The van der Waals surface area contributed by atoms with Gasteiger partial charge in [-0.3, -0.25) is 0 Å². The van der Waals surface area contributed by atoms with Crippen LogP contribution >= 0.6 is 0 Å². The van der Waals surface area contributed by atoms with E-state index in [1.165, 1.54) is 0 Å². The predicted octanol–water partition coefficient (Wildman–Crippen LogP) is -1.26. The molecule has 0 spiro atoms. The van der Waals surface area contributed by atoms with Gasteiger partial charge in [0, 0.05) is 12.2 Å². The molecule has 2 saturated heterocycles. The van der Waals surface area contributed by atoms with Gasteiger partial charge in [-0.1, -0.05) is 13.8 Å². The third kappa shape index (κ3) is 23.2. The minimum Gasteiger partial charge on any atom is -0.435 e. The van der Waals surface area contributed by atoms with Gasteiger partial charge in [-0.05, 0) is 64.2 Å². The number of hydrogen-bond donors (Lipinski definition) is 0. The maximum absolute atomic E-state index is 6.00. The normalized spacial score (nSPS) is 23.3. The van der Waals surface area contributed by atoms with Crippen LogP contribution in [-0.4, -0.2) is 167 Å². The molecule has 0 amide bonds. The van der Waals surface area contributed by atoms with Crippen LogP contribution in [0, 0.1) is 0 Å². The molecule has 2 fully saturated rings. The molecule has 0 aromatic rings. The second-order valence-corrected chi connectivity index (χ2v) is 32.9. The fourth-order valence-corrected chi connectivity index (χ4v) is 25.4. The van der Waals surface area contributed by atoms with E-state index in [4.69, 9.17) is 70.6 Å². The number of rotatable bonds is 23. The molecule has 2 aliphatic rings. The first-order valence-electron chi connectivity index (χ1n) is 13.7. The van der Waals surface area contributed by atoms with Crippen molar-refractivity contribution in [2.45, 2.75) is 90.3 Å². The predicted molar refractivity (Wildman–Crippen MR) is 183 cm³/mol. The van der Waals surface area contributed by atoms with Crippen LogP contribution in [0.15, 0.2) is 0 Å². The van der Waals surface area contributed by atoms with E-state index in [0.717, 1.165) is 12.5 Å². The van der Waals surface area contributed by atoms with Crippen molar-refractivity contribution in [2.24, 2.45) is 0 Å². The molecule has 256 valence electrons. The van der Waals surface area contributed by atoms with Crippen LogP contribution in [0.25, 0.3) is 0 Å². The summed E-state index contributed by atoms with van der Waals surface area (Å²) in [5, 5.41) is 0.391. The van der Waals surface area contributed by atoms with Gasteiger partial charge in [0.05, 0.1) is 0 Å². The van der Waals surface area contributed by atoms with Crippen molar-refractivity contribution in [1.82, 2.24) is 0 Å². The van der Waals surface area contributed by atoms with Crippen molar-refractivity contribution in [3.05, 3.63) is 0 Å². The van der Waals surface area contributed by atoms with Crippen molar-refractivity contribution in [1.29, 1.82) is 0 Å². The lowest BCUT2D eigenvalue weighted by Crippen LogP contribution is -2.45. The van der Waals surface area contributed by atoms with Gasteiger partial charge in [0.25, 0.3) is 0 Å². The van der Waals surface area contributed by atoms with E-state index in [9.17, 15) is 0 Å². The first-order chi connectivity index (χ1) is 22.5. The van der Waals surface area contributed by atoms with E-state index >= 15 is 0 Å². The average Bonchev–Trinajstić information content (AvgIpc) is 3.00. The van der Waals surface area contributed by atoms with Gasteiger partial charge in [-0.2, -0.15) is 0 Å². The lowest BCUT2D eigenvalue weighted by Gasteiger charge is -2.27. The molecule has 0 bridgehead atoms. The molecule has 33 heteroatoms. The summed E-state index contributed by atoms with van der Waals surface area (Å²) >= 11 is 0. The van der Waals surface area contributed by atoms with Crippen LogP contribution in [-0.2, 0) is 70.6 Å². The average molecular weight is 924 g/mol. The standard InChI is InChI=1S/C14H34O17Si16/c1-10-12(2)15-45(24-37-20-35-21-38-25-46-16-13(3)11-40(5)27-44(9)31-46)29-43(8)23-36-18-33-17-34-19-39-26-47-28-41(6)14(4)32-22-42(7)30-47/h12-14H,10-11H2,1-9H3. The van der Waals surface area contributed by atoms with Crippen molar-refractivity contribution < 1.29 is 70.6 Å². The highest BCUT2D eigenvalue weighted by Crippen LogP contribution is 2.15. The maximum Gasteiger partial charge on any atom is 0.558 e. The molecule has 2 heterocycles. The fourth-order valence-electron chi connectivity index (χ4n) is 2.63. The van der Waals surface area contributed by atoms with Gasteiger partial charge in [0.1, 0.15) is 0 Å². The summed E-state index contributed by atoms with van der Waals surface area (Å²) in [5.74, 6) is 0. The highest BCUT2D eigenvalue weighted by molar-refractivity contribution is 6.75. The molecule has 3 unspecified atom stereocenters. The lowest BCUT2D eigenvalue weighted by molar-refractivity contribution is 0.131. The van der Waals surface area contributed by atoms with Gasteiger partial charge in [0.15, 0.2) is 9.04 Å². The Balaban J connectivity index is 1.52. The Labute approximate surface area is 313 Å². The van der Waals surface area contributed by atoms with Crippen LogP contribution in [0.3, 0.4) is 0 Å². The maximum atomic E-state index is 6.00. The Kier molecular flexibility index (Phi) is 27.6. The second kappa shape index (κ2) is 28.3. The monoisotopic (exact) mass is 922 g/mol. The molecule has 24 radical (unpaired) electrons. The van der Waals surface area contributed by atoms with Crippen molar-refractivity contribution >= 4 is 154 Å². The Bertz CT molecular complexity index is 769. The molecule has 3 atom stereocenters. The van der Waals surface area contributed by atoms with Gasteiger partial charge < -0.3 is 70.6 Å². The summed E-state index contributed by atoms with van der Waals surface area (Å²) in [4.78, 5) is 0. The third-order valence-electron chi connectivity index (χ3n) is 4.95. The van der Waals surface area contributed by atoms with Gasteiger partial charge >= 0.3 is 126 Å². The van der Waals surface area contributed by atoms with Gasteiger partial charge in [-0.25, -0.2) is 0 Å². The van der Waals surface area contributed by atoms with Crippen LogP contribution in [0.4, 0.5) is 0 Å². The van der Waals surface area contributed by atoms with E-state index in [1.807, 2.05) is 40.4 Å². The Hall–Kier alpha value is 2.79. The lowest BCUT2D eigenvalue weighted by atomic mass is 10.3. The minimum absolute atomic E-state index is 0.0206. The SMILES string of the molecule is CCC(C)O[Si](O[Si]O[Si]O[Si]O[Si]1OC(C)C[Si](C)O[Si](C)O1)O[Si](C)O[Si]O[Si]O[Si]O[Si]O[Si]1O[Si](C)O[Si]C(C)[Si](C)O1. The Morgan fingerprint density at radius 1 is 0.787 bits per heavy atom. The van der Waals surface area contributed by atoms with Crippen molar-refractivity contribution in [3.8, 4) is 0 Å². The van der Waals surface area contributed by atoms with Crippen LogP contribution < -0.4 is 0 Å². The van der Waals surface area contributed by atoms with Crippen LogP contribution in [0.1, 0.15) is 34.1 Å². The minimum atomic E-state index is -2.12. The quantitative estimate of drug-likeness (QED) is 0.0884. The van der Waals surface area contributed by atoms with Crippen molar-refractivity contribution in [3.63, 3.8) is 0 Å². The van der Waals surface area contributed by atoms with Gasteiger partial charge in [0.2, 0.25) is 18.8 Å². The van der Waals surface area contributed by atoms with E-state index < -0.39 is 74.5 Å². The van der Waals surface area contributed by atoms with E-state index in [1.54, 1.807) is 0 Å². The molecule has 0 saturated carbocycles. The van der Waals surface area contributed by atoms with Crippen molar-refractivity contribution in [2.75, 3.05) is 0 Å². The molecule has 0 aromatic heterocycles. The molecule has 0 aromatic carbocycles. The Morgan fingerprint density at radius 2 is 1.38 bits per heavy atom. The van der Waals surface area contributed by atoms with Crippen LogP contribution in [0.2, 0.25) is 43.9 Å². The molecule has 2 rings (SSSR count). The van der Waals surface area contributed by atoms with E-state index in [2.05, 4.69) is 20.0 Å². The fraction of sp³-hybridized carbons (Fsp3) is 1.00. The third-order valence-corrected chi connectivity index (χ3v) is 29.8.